The van der Waals surface area contributed by atoms with E-state index in [-0.39, 0.29) is 11.4 Å². The van der Waals surface area contributed by atoms with Crippen LogP contribution in [0.25, 0.3) is 0 Å². The van der Waals surface area contributed by atoms with Crippen LogP contribution in [0.15, 0.2) is 24.3 Å². The van der Waals surface area contributed by atoms with Crippen LogP contribution in [0.5, 0.6) is 0 Å². The van der Waals surface area contributed by atoms with E-state index in [9.17, 15) is 18.5 Å². The first-order valence-electron chi connectivity index (χ1n) is 4.94. The zero-order valence-electron chi connectivity index (χ0n) is 9.37. The smallest absolute Gasteiger partial charge is 0.269 e. The number of benzene rings is 1. The summed E-state index contributed by atoms with van der Waals surface area (Å²) in [6.07, 6.45) is 1.51. The van der Waals surface area contributed by atoms with Gasteiger partial charge in [-0.2, -0.15) is 0 Å². The summed E-state index contributed by atoms with van der Waals surface area (Å²) < 4.78 is 22.0. The van der Waals surface area contributed by atoms with E-state index >= 15 is 0 Å². The van der Waals surface area contributed by atoms with Gasteiger partial charge in [0.05, 0.1) is 10.7 Å². The normalized spacial score (nSPS) is 13.3. The van der Waals surface area contributed by atoms with Gasteiger partial charge in [0.25, 0.3) is 5.69 Å². The zero-order chi connectivity index (χ0) is 13.1. The molecule has 0 aliphatic rings. The minimum absolute atomic E-state index is 0.00503. The first-order valence-corrected chi connectivity index (χ1v) is 7.00. The van der Waals surface area contributed by atoms with Crippen molar-refractivity contribution in [2.24, 2.45) is 5.73 Å². The molecule has 1 rings (SSSR count). The summed E-state index contributed by atoms with van der Waals surface area (Å²) in [6, 6.07) is 5.43. The first-order chi connectivity index (χ1) is 7.78. The summed E-state index contributed by atoms with van der Waals surface area (Å²) >= 11 is 0. The van der Waals surface area contributed by atoms with E-state index in [0.717, 1.165) is 11.8 Å². The fraction of sp³-hybridized carbons (Fsp3) is 0.400. The van der Waals surface area contributed by atoms with E-state index in [4.69, 9.17) is 5.73 Å². The van der Waals surface area contributed by atoms with Crippen molar-refractivity contribution in [1.29, 1.82) is 0 Å². The van der Waals surface area contributed by atoms with Crippen LogP contribution in [-0.4, -0.2) is 31.4 Å². The van der Waals surface area contributed by atoms with E-state index in [1.54, 1.807) is 12.1 Å². The molecule has 0 spiro atoms. The van der Waals surface area contributed by atoms with Gasteiger partial charge < -0.3 is 5.73 Å². The molecule has 0 heterocycles. The minimum Gasteiger partial charge on any atom is -0.326 e. The molecule has 1 unspecified atom stereocenters. The van der Waals surface area contributed by atoms with E-state index in [2.05, 4.69) is 0 Å². The number of non-ortho nitro benzene ring substituents is 1. The summed E-state index contributed by atoms with van der Waals surface area (Å²) in [7, 11) is -3.10. The second-order valence-corrected chi connectivity index (χ2v) is 6.17. The molecule has 0 radical (unpaired) electrons. The topological polar surface area (TPSA) is 103 Å². The number of nitro benzene ring substituents is 1. The van der Waals surface area contributed by atoms with Gasteiger partial charge >= 0.3 is 0 Å². The number of nitrogens with two attached hydrogens (primary N) is 1. The van der Waals surface area contributed by atoms with Crippen LogP contribution < -0.4 is 5.73 Å². The SMILES string of the molecule is CS(=O)(=O)CC(N)Cc1ccc([N+](=O)[O-])cc1. The highest BCUT2D eigenvalue weighted by atomic mass is 32.2. The Morgan fingerprint density at radius 1 is 1.35 bits per heavy atom. The number of sulfone groups is 1. The fourth-order valence-corrected chi connectivity index (χ4v) is 2.40. The maximum absolute atomic E-state index is 11.0. The molecular weight excluding hydrogens is 244 g/mol. The van der Waals surface area contributed by atoms with Crippen molar-refractivity contribution in [3.8, 4) is 0 Å². The second kappa shape index (κ2) is 5.24. The third-order valence-corrected chi connectivity index (χ3v) is 3.20. The summed E-state index contributed by atoms with van der Waals surface area (Å²) in [5.74, 6) is -0.0933. The zero-order valence-corrected chi connectivity index (χ0v) is 10.2. The number of nitro groups is 1. The molecule has 6 nitrogen and oxygen atoms in total. The summed E-state index contributed by atoms with van der Waals surface area (Å²) in [5.41, 5.74) is 6.47. The Kier molecular flexibility index (Phi) is 4.19. The van der Waals surface area contributed by atoms with Crippen LogP contribution in [0, 0.1) is 10.1 Å². The minimum atomic E-state index is -3.10. The van der Waals surface area contributed by atoms with Crippen molar-refractivity contribution in [1.82, 2.24) is 0 Å². The van der Waals surface area contributed by atoms with Crippen LogP contribution in [0.1, 0.15) is 5.56 Å². The molecule has 7 heteroatoms. The van der Waals surface area contributed by atoms with Gasteiger partial charge in [0.1, 0.15) is 9.84 Å². The molecule has 0 aromatic heterocycles. The van der Waals surface area contributed by atoms with Crippen molar-refractivity contribution in [3.63, 3.8) is 0 Å². The van der Waals surface area contributed by atoms with E-state index in [1.807, 2.05) is 0 Å². The van der Waals surface area contributed by atoms with E-state index in [0.29, 0.717) is 6.42 Å². The molecule has 17 heavy (non-hydrogen) atoms. The van der Waals surface area contributed by atoms with E-state index < -0.39 is 20.8 Å². The molecule has 0 bridgehead atoms. The molecule has 1 aromatic carbocycles. The summed E-state index contributed by atoms with van der Waals surface area (Å²) in [6.45, 7) is 0. The van der Waals surface area contributed by atoms with Crippen LogP contribution in [0.4, 0.5) is 5.69 Å². The maximum atomic E-state index is 11.0. The third-order valence-electron chi connectivity index (χ3n) is 2.16. The molecule has 2 N–H and O–H groups in total. The lowest BCUT2D eigenvalue weighted by molar-refractivity contribution is -0.384. The van der Waals surface area contributed by atoms with Crippen LogP contribution in [0.3, 0.4) is 0 Å². The monoisotopic (exact) mass is 258 g/mol. The highest BCUT2D eigenvalue weighted by Crippen LogP contribution is 2.13. The number of hydrogen-bond acceptors (Lipinski definition) is 5. The lowest BCUT2D eigenvalue weighted by atomic mass is 10.1. The first kappa shape index (κ1) is 13.6. The predicted octanol–water partition coefficient (Wildman–Crippen LogP) is 0.509. The average Bonchev–Trinajstić information content (AvgIpc) is 2.15. The van der Waals surface area contributed by atoms with Gasteiger partial charge in [0, 0.05) is 24.4 Å². The Balaban J connectivity index is 2.66. The van der Waals surface area contributed by atoms with Crippen molar-refractivity contribution in [2.45, 2.75) is 12.5 Å². The predicted molar refractivity (Wildman–Crippen MR) is 64.5 cm³/mol. The molecule has 0 saturated carbocycles. The van der Waals surface area contributed by atoms with Crippen molar-refractivity contribution in [3.05, 3.63) is 39.9 Å². The molecule has 0 amide bonds. The maximum Gasteiger partial charge on any atom is 0.269 e. The number of rotatable bonds is 5. The van der Waals surface area contributed by atoms with Crippen LogP contribution in [-0.2, 0) is 16.3 Å². The van der Waals surface area contributed by atoms with Gasteiger partial charge in [-0.3, -0.25) is 10.1 Å². The van der Waals surface area contributed by atoms with E-state index in [1.165, 1.54) is 12.1 Å². The Morgan fingerprint density at radius 2 is 1.88 bits per heavy atom. The highest BCUT2D eigenvalue weighted by Gasteiger charge is 2.12. The summed E-state index contributed by atoms with van der Waals surface area (Å²) in [4.78, 5) is 9.94. The molecule has 0 fully saturated rings. The largest absolute Gasteiger partial charge is 0.326 e. The number of hydrogen-bond donors (Lipinski definition) is 1. The Labute approximate surface area is 99.5 Å². The highest BCUT2D eigenvalue weighted by molar-refractivity contribution is 7.90. The van der Waals surface area contributed by atoms with Crippen molar-refractivity contribution < 1.29 is 13.3 Å². The lowest BCUT2D eigenvalue weighted by Gasteiger charge is -2.09. The summed E-state index contributed by atoms with van der Waals surface area (Å²) in [5, 5.41) is 10.4. The second-order valence-electron chi connectivity index (χ2n) is 3.98. The van der Waals surface area contributed by atoms with Gasteiger partial charge in [-0.15, -0.1) is 0 Å². The average molecular weight is 258 g/mol. The lowest BCUT2D eigenvalue weighted by Crippen LogP contribution is -2.31. The molecule has 1 atom stereocenters. The molecular formula is C10H14N2O4S. The standard InChI is InChI=1S/C10H14N2O4S/c1-17(15,16)7-9(11)6-8-2-4-10(5-3-8)12(13)14/h2-5,9H,6-7,11H2,1H3. The Morgan fingerprint density at radius 3 is 2.29 bits per heavy atom. The quantitative estimate of drug-likeness (QED) is 0.612. The van der Waals surface area contributed by atoms with Crippen LogP contribution >= 0.6 is 0 Å². The van der Waals surface area contributed by atoms with Gasteiger partial charge in [-0.05, 0) is 12.0 Å². The van der Waals surface area contributed by atoms with Crippen molar-refractivity contribution >= 4 is 15.5 Å². The third kappa shape index (κ3) is 4.92. The van der Waals surface area contributed by atoms with Gasteiger partial charge in [0.15, 0.2) is 0 Å². The molecule has 0 saturated heterocycles. The van der Waals surface area contributed by atoms with Gasteiger partial charge in [-0.25, -0.2) is 8.42 Å². The Hall–Kier alpha value is -1.47. The van der Waals surface area contributed by atoms with Gasteiger partial charge in [-0.1, -0.05) is 12.1 Å². The molecule has 0 aliphatic carbocycles. The molecule has 1 aromatic rings. The van der Waals surface area contributed by atoms with Gasteiger partial charge in [0.2, 0.25) is 0 Å². The van der Waals surface area contributed by atoms with Crippen LogP contribution in [0.2, 0.25) is 0 Å². The van der Waals surface area contributed by atoms with Crippen molar-refractivity contribution in [2.75, 3.05) is 12.0 Å². The number of nitrogens with zero attached hydrogens (tertiary/aromatic N) is 1. The fourth-order valence-electron chi connectivity index (χ4n) is 1.50. The molecule has 0 aliphatic heterocycles. The Bertz CT molecular complexity index is 496. The molecule has 94 valence electrons.